The van der Waals surface area contributed by atoms with E-state index in [0.29, 0.717) is 6.54 Å². The molecule has 22 heavy (non-hydrogen) atoms. The Morgan fingerprint density at radius 3 is 3.00 bits per heavy atom. The number of benzene rings is 1. The molecule has 2 atom stereocenters. The van der Waals surface area contributed by atoms with Crippen LogP contribution in [0.2, 0.25) is 0 Å². The van der Waals surface area contributed by atoms with E-state index >= 15 is 0 Å². The number of thiazole rings is 1. The molecule has 2 heterocycles. The van der Waals surface area contributed by atoms with Gasteiger partial charge in [-0.05, 0) is 37.2 Å². The lowest BCUT2D eigenvalue weighted by molar-refractivity contribution is 0.173. The predicted molar refractivity (Wildman–Crippen MR) is 86.4 cm³/mol. The summed E-state index contributed by atoms with van der Waals surface area (Å²) < 4.78 is 14.0. The number of hydrogen-bond acceptors (Lipinski definition) is 5. The van der Waals surface area contributed by atoms with Crippen LogP contribution in [0.5, 0.6) is 0 Å². The molecule has 1 saturated heterocycles. The van der Waals surface area contributed by atoms with Crippen molar-refractivity contribution in [2.75, 3.05) is 26.7 Å². The summed E-state index contributed by atoms with van der Waals surface area (Å²) in [5, 5.41) is 15.6. The van der Waals surface area contributed by atoms with Gasteiger partial charge in [-0.2, -0.15) is 0 Å². The molecule has 2 aromatic rings. The molecule has 1 aliphatic rings. The van der Waals surface area contributed by atoms with Crippen LogP contribution in [-0.4, -0.2) is 47.8 Å². The average molecular weight is 321 g/mol. The van der Waals surface area contributed by atoms with Crippen LogP contribution < -0.4 is 5.32 Å². The van der Waals surface area contributed by atoms with Gasteiger partial charge in [0, 0.05) is 42.8 Å². The highest BCUT2D eigenvalue weighted by Crippen LogP contribution is 2.27. The van der Waals surface area contributed by atoms with Crippen molar-refractivity contribution in [1.29, 1.82) is 0 Å². The SMILES string of the molecule is CN[C@@H](CN1CC[C@@H](O)C1)c1cc(F)cc(-c2nccs2)c1. The number of rotatable bonds is 5. The third kappa shape index (κ3) is 3.52. The summed E-state index contributed by atoms with van der Waals surface area (Å²) in [4.78, 5) is 6.46. The van der Waals surface area contributed by atoms with Crippen molar-refractivity contribution in [3.63, 3.8) is 0 Å². The normalized spacial score (nSPS) is 20.4. The third-order valence-electron chi connectivity index (χ3n) is 4.04. The first-order chi connectivity index (χ1) is 10.7. The van der Waals surface area contributed by atoms with E-state index in [1.54, 1.807) is 12.3 Å². The summed E-state index contributed by atoms with van der Waals surface area (Å²) in [7, 11) is 1.88. The van der Waals surface area contributed by atoms with Crippen LogP contribution >= 0.6 is 11.3 Å². The lowest BCUT2D eigenvalue weighted by Gasteiger charge is -2.24. The van der Waals surface area contributed by atoms with Gasteiger partial charge in [0.2, 0.25) is 0 Å². The molecule has 0 amide bonds. The van der Waals surface area contributed by atoms with Gasteiger partial charge >= 0.3 is 0 Å². The fourth-order valence-corrected chi connectivity index (χ4v) is 3.53. The minimum atomic E-state index is -0.246. The minimum absolute atomic E-state index is 0.0275. The van der Waals surface area contributed by atoms with Crippen LogP contribution in [-0.2, 0) is 0 Å². The quantitative estimate of drug-likeness (QED) is 0.887. The zero-order valence-corrected chi connectivity index (χ0v) is 13.3. The Morgan fingerprint density at radius 1 is 1.50 bits per heavy atom. The maximum Gasteiger partial charge on any atom is 0.124 e. The number of nitrogens with one attached hydrogen (secondary N) is 1. The van der Waals surface area contributed by atoms with Gasteiger partial charge in [-0.3, -0.25) is 4.90 Å². The summed E-state index contributed by atoms with van der Waals surface area (Å²) in [6.45, 7) is 2.33. The molecule has 1 aliphatic heterocycles. The number of likely N-dealkylation sites (tertiary alicyclic amines) is 1. The monoisotopic (exact) mass is 321 g/mol. The van der Waals surface area contributed by atoms with Crippen LogP contribution in [0.15, 0.2) is 29.8 Å². The first kappa shape index (κ1) is 15.6. The molecule has 1 aromatic carbocycles. The van der Waals surface area contributed by atoms with Crippen molar-refractivity contribution in [2.24, 2.45) is 0 Å². The molecule has 0 aliphatic carbocycles. The molecule has 1 fully saturated rings. The molecular formula is C16H20FN3OS. The number of halogens is 1. The standard InChI is InChI=1S/C16H20FN3OS/c1-18-15(10-20-4-2-14(21)9-20)11-6-12(8-13(17)7-11)16-19-3-5-22-16/h3,5-8,14-15,18,21H,2,4,9-10H2,1H3/t14-,15+/m1/s1. The van der Waals surface area contributed by atoms with E-state index in [9.17, 15) is 9.50 Å². The topological polar surface area (TPSA) is 48.4 Å². The second-order valence-electron chi connectivity index (χ2n) is 5.65. The Hall–Kier alpha value is -1.34. The fourth-order valence-electron chi connectivity index (χ4n) is 2.90. The maximum atomic E-state index is 14.0. The molecule has 0 saturated carbocycles. The van der Waals surface area contributed by atoms with Crippen LogP contribution in [0, 0.1) is 5.82 Å². The van der Waals surface area contributed by atoms with Crippen molar-refractivity contribution in [3.05, 3.63) is 41.2 Å². The van der Waals surface area contributed by atoms with E-state index in [0.717, 1.165) is 35.6 Å². The van der Waals surface area contributed by atoms with Crippen LogP contribution in [0.3, 0.4) is 0 Å². The Balaban J connectivity index is 1.82. The van der Waals surface area contributed by atoms with E-state index in [1.807, 2.05) is 18.5 Å². The van der Waals surface area contributed by atoms with Gasteiger partial charge in [0.05, 0.1) is 6.10 Å². The van der Waals surface area contributed by atoms with Crippen molar-refractivity contribution in [2.45, 2.75) is 18.6 Å². The molecular weight excluding hydrogens is 301 g/mol. The zero-order chi connectivity index (χ0) is 15.5. The fraction of sp³-hybridized carbons (Fsp3) is 0.438. The Morgan fingerprint density at radius 2 is 2.36 bits per heavy atom. The molecule has 0 unspecified atom stereocenters. The number of aliphatic hydroxyl groups is 1. The van der Waals surface area contributed by atoms with Crippen molar-refractivity contribution in [1.82, 2.24) is 15.2 Å². The van der Waals surface area contributed by atoms with Crippen molar-refractivity contribution >= 4 is 11.3 Å². The number of β-amino-alcohol motifs (C(OH)–C–C–N with tert-alkyl or cyclic N) is 1. The van der Waals surface area contributed by atoms with Crippen molar-refractivity contribution < 1.29 is 9.50 Å². The summed E-state index contributed by atoms with van der Waals surface area (Å²) in [5.74, 6) is -0.246. The van der Waals surface area contributed by atoms with Gasteiger partial charge < -0.3 is 10.4 Å². The first-order valence-corrected chi connectivity index (χ1v) is 8.31. The van der Waals surface area contributed by atoms with Crippen LogP contribution in [0.25, 0.3) is 10.6 Å². The number of likely N-dealkylation sites (N-methyl/N-ethyl adjacent to an activating group) is 1. The highest BCUT2D eigenvalue weighted by molar-refractivity contribution is 7.13. The number of aliphatic hydroxyl groups excluding tert-OH is 1. The van der Waals surface area contributed by atoms with E-state index in [4.69, 9.17) is 0 Å². The predicted octanol–water partition coefficient (Wildman–Crippen LogP) is 2.28. The van der Waals surface area contributed by atoms with Gasteiger partial charge in [-0.1, -0.05) is 0 Å². The summed E-state index contributed by atoms with van der Waals surface area (Å²) >= 11 is 1.50. The summed E-state index contributed by atoms with van der Waals surface area (Å²) in [5.41, 5.74) is 1.72. The van der Waals surface area contributed by atoms with Crippen LogP contribution in [0.4, 0.5) is 4.39 Å². The van der Waals surface area contributed by atoms with E-state index in [-0.39, 0.29) is 18.0 Å². The number of aromatic nitrogens is 1. The van der Waals surface area contributed by atoms with Gasteiger partial charge in [0.25, 0.3) is 0 Å². The average Bonchev–Trinajstić information content (AvgIpc) is 3.15. The van der Waals surface area contributed by atoms with Crippen molar-refractivity contribution in [3.8, 4) is 10.6 Å². The molecule has 4 nitrogen and oxygen atoms in total. The molecule has 0 radical (unpaired) electrons. The summed E-state index contributed by atoms with van der Waals surface area (Å²) in [6, 6.07) is 5.12. The molecule has 1 aromatic heterocycles. The van der Waals surface area contributed by atoms with E-state index < -0.39 is 0 Å². The van der Waals surface area contributed by atoms with Gasteiger partial charge in [-0.25, -0.2) is 9.37 Å². The molecule has 6 heteroatoms. The molecule has 0 bridgehead atoms. The highest BCUT2D eigenvalue weighted by Gasteiger charge is 2.23. The zero-order valence-electron chi connectivity index (χ0n) is 12.5. The minimum Gasteiger partial charge on any atom is -0.392 e. The summed E-state index contributed by atoms with van der Waals surface area (Å²) in [6.07, 6.45) is 2.30. The lowest BCUT2D eigenvalue weighted by atomic mass is 10.0. The maximum absolute atomic E-state index is 14.0. The molecule has 2 N–H and O–H groups in total. The van der Waals surface area contributed by atoms with E-state index in [1.165, 1.54) is 17.4 Å². The number of hydrogen-bond donors (Lipinski definition) is 2. The Bertz CT molecular complexity index is 620. The third-order valence-corrected chi connectivity index (χ3v) is 4.86. The molecule has 118 valence electrons. The van der Waals surface area contributed by atoms with Gasteiger partial charge in [0.1, 0.15) is 10.8 Å². The lowest BCUT2D eigenvalue weighted by Crippen LogP contribution is -2.33. The second kappa shape index (κ2) is 6.83. The van der Waals surface area contributed by atoms with Gasteiger partial charge in [0.15, 0.2) is 0 Å². The molecule has 0 spiro atoms. The Labute approximate surface area is 133 Å². The van der Waals surface area contributed by atoms with E-state index in [2.05, 4.69) is 15.2 Å². The number of nitrogens with zero attached hydrogens (tertiary/aromatic N) is 2. The molecule has 3 rings (SSSR count). The largest absolute Gasteiger partial charge is 0.392 e. The second-order valence-corrected chi connectivity index (χ2v) is 6.55. The first-order valence-electron chi connectivity index (χ1n) is 7.43. The van der Waals surface area contributed by atoms with Crippen LogP contribution in [0.1, 0.15) is 18.0 Å². The smallest absolute Gasteiger partial charge is 0.124 e. The van der Waals surface area contributed by atoms with Gasteiger partial charge in [-0.15, -0.1) is 11.3 Å². The Kier molecular flexibility index (Phi) is 4.83. The highest BCUT2D eigenvalue weighted by atomic mass is 32.1.